The number of carbonyl (C=O) groups excluding carboxylic acids is 1. The number of halogens is 6. The Morgan fingerprint density at radius 2 is 1.82 bits per heavy atom. The molecular formula is C18H15Cl3F3N3O. The molecule has 3 rings (SSSR count). The van der Waals surface area contributed by atoms with Crippen molar-refractivity contribution < 1.29 is 18.0 Å². The summed E-state index contributed by atoms with van der Waals surface area (Å²) in [7, 11) is 0. The van der Waals surface area contributed by atoms with Crippen LogP contribution in [0.1, 0.15) is 18.4 Å². The Kier molecular flexibility index (Phi) is 6.27. The number of anilines is 2. The van der Waals surface area contributed by atoms with Gasteiger partial charge in [-0.05, 0) is 31.0 Å². The molecule has 2 aromatic rings. The number of hydrogen-bond donors (Lipinski definition) is 1. The molecule has 10 heteroatoms. The average molecular weight is 453 g/mol. The maximum absolute atomic E-state index is 12.7. The third-order valence-electron chi connectivity index (χ3n) is 4.52. The van der Waals surface area contributed by atoms with Crippen molar-refractivity contribution in [2.24, 2.45) is 5.92 Å². The SMILES string of the molecule is O=C(Nc1cccc(Cl)c1Cl)C1CCN(c2ncc(C(F)(F)F)cc2Cl)CC1. The molecule has 0 saturated carbocycles. The fourth-order valence-electron chi connectivity index (χ4n) is 3.01. The molecule has 0 bridgehead atoms. The third kappa shape index (κ3) is 4.64. The van der Waals surface area contributed by atoms with Crippen molar-refractivity contribution in [1.29, 1.82) is 0 Å². The molecule has 1 aromatic heterocycles. The van der Waals surface area contributed by atoms with Crippen LogP contribution in [0.25, 0.3) is 0 Å². The third-order valence-corrected chi connectivity index (χ3v) is 5.62. The molecule has 1 saturated heterocycles. The van der Waals surface area contributed by atoms with Gasteiger partial charge in [-0.1, -0.05) is 40.9 Å². The minimum absolute atomic E-state index is 0.0663. The Hall–Kier alpha value is -1.70. The Morgan fingerprint density at radius 1 is 1.14 bits per heavy atom. The van der Waals surface area contributed by atoms with Gasteiger partial charge in [-0.15, -0.1) is 0 Å². The Balaban J connectivity index is 1.63. The summed E-state index contributed by atoms with van der Waals surface area (Å²) in [6, 6.07) is 5.83. The molecule has 0 radical (unpaired) electrons. The predicted octanol–water partition coefficient (Wildman–Crippen LogP) is 5.92. The van der Waals surface area contributed by atoms with Gasteiger partial charge in [0.15, 0.2) is 0 Å². The second-order valence-corrected chi connectivity index (χ2v) is 7.57. The maximum atomic E-state index is 12.7. The molecule has 150 valence electrons. The van der Waals surface area contributed by atoms with Crippen LogP contribution in [0.3, 0.4) is 0 Å². The first kappa shape index (κ1) is 21.0. The van der Waals surface area contributed by atoms with Crippen molar-refractivity contribution >= 4 is 52.2 Å². The normalized spacial score (nSPS) is 15.6. The van der Waals surface area contributed by atoms with Crippen molar-refractivity contribution in [3.8, 4) is 0 Å². The van der Waals surface area contributed by atoms with E-state index in [1.54, 1.807) is 23.1 Å². The molecule has 0 aliphatic carbocycles. The Bertz CT molecular complexity index is 884. The number of rotatable bonds is 3. The maximum Gasteiger partial charge on any atom is 0.417 e. The zero-order chi connectivity index (χ0) is 20.5. The Labute approximate surface area is 174 Å². The summed E-state index contributed by atoms with van der Waals surface area (Å²) in [5.74, 6) is -0.166. The summed E-state index contributed by atoms with van der Waals surface area (Å²) < 4.78 is 38.2. The fourth-order valence-corrected chi connectivity index (χ4v) is 3.64. The first-order valence-corrected chi connectivity index (χ1v) is 9.52. The van der Waals surface area contributed by atoms with E-state index in [1.165, 1.54) is 0 Å². The van der Waals surface area contributed by atoms with Crippen molar-refractivity contribution in [3.63, 3.8) is 0 Å². The molecule has 1 aromatic carbocycles. The molecule has 1 fully saturated rings. The lowest BCUT2D eigenvalue weighted by Gasteiger charge is -2.32. The van der Waals surface area contributed by atoms with Gasteiger partial charge in [0.1, 0.15) is 5.82 Å². The van der Waals surface area contributed by atoms with Gasteiger partial charge >= 0.3 is 6.18 Å². The molecule has 0 atom stereocenters. The van der Waals surface area contributed by atoms with Crippen LogP contribution in [-0.2, 0) is 11.0 Å². The first-order chi connectivity index (χ1) is 13.2. The van der Waals surface area contributed by atoms with E-state index in [9.17, 15) is 18.0 Å². The molecule has 1 aliphatic heterocycles. The lowest BCUT2D eigenvalue weighted by Crippen LogP contribution is -2.38. The number of nitrogens with zero attached hydrogens (tertiary/aromatic N) is 2. The van der Waals surface area contributed by atoms with Crippen LogP contribution in [0.4, 0.5) is 24.7 Å². The van der Waals surface area contributed by atoms with Gasteiger partial charge in [0.25, 0.3) is 0 Å². The molecule has 2 heterocycles. The van der Waals surface area contributed by atoms with E-state index in [-0.39, 0.29) is 27.7 Å². The number of alkyl halides is 3. The monoisotopic (exact) mass is 451 g/mol. The lowest BCUT2D eigenvalue weighted by atomic mass is 9.95. The van der Waals surface area contributed by atoms with Gasteiger partial charge in [0, 0.05) is 25.2 Å². The molecule has 1 aliphatic rings. The number of carbonyl (C=O) groups is 1. The minimum Gasteiger partial charge on any atom is -0.355 e. The van der Waals surface area contributed by atoms with Crippen molar-refractivity contribution in [2.75, 3.05) is 23.3 Å². The van der Waals surface area contributed by atoms with Crippen LogP contribution >= 0.6 is 34.8 Å². The van der Waals surface area contributed by atoms with E-state index in [0.717, 1.165) is 12.3 Å². The van der Waals surface area contributed by atoms with E-state index in [0.29, 0.717) is 36.6 Å². The first-order valence-electron chi connectivity index (χ1n) is 8.39. The summed E-state index contributed by atoms with van der Waals surface area (Å²) in [6.07, 6.45) is -2.73. The number of nitrogens with one attached hydrogen (secondary N) is 1. The summed E-state index contributed by atoms with van der Waals surface area (Å²) in [5.41, 5.74) is -0.456. The summed E-state index contributed by atoms with van der Waals surface area (Å²) >= 11 is 18.0. The predicted molar refractivity (Wildman–Crippen MR) is 104 cm³/mol. The van der Waals surface area contributed by atoms with E-state index in [4.69, 9.17) is 34.8 Å². The molecule has 1 amide bonds. The zero-order valence-corrected chi connectivity index (χ0v) is 16.6. The van der Waals surface area contributed by atoms with Gasteiger partial charge in [-0.3, -0.25) is 4.79 Å². The van der Waals surface area contributed by atoms with E-state index in [1.807, 2.05) is 0 Å². The van der Waals surface area contributed by atoms with Crippen LogP contribution in [-0.4, -0.2) is 24.0 Å². The number of piperidine rings is 1. The molecule has 4 nitrogen and oxygen atoms in total. The Morgan fingerprint density at radius 3 is 2.43 bits per heavy atom. The topological polar surface area (TPSA) is 45.2 Å². The second kappa shape index (κ2) is 8.35. The highest BCUT2D eigenvalue weighted by Gasteiger charge is 2.33. The van der Waals surface area contributed by atoms with Crippen LogP contribution in [0.15, 0.2) is 30.5 Å². The van der Waals surface area contributed by atoms with E-state index < -0.39 is 11.7 Å². The highest BCUT2D eigenvalue weighted by atomic mass is 35.5. The van der Waals surface area contributed by atoms with Gasteiger partial charge in [0.05, 0.1) is 26.3 Å². The van der Waals surface area contributed by atoms with Gasteiger partial charge in [-0.25, -0.2) is 4.98 Å². The number of amides is 1. The van der Waals surface area contributed by atoms with Crippen LogP contribution in [0, 0.1) is 5.92 Å². The van der Waals surface area contributed by atoms with Crippen LogP contribution < -0.4 is 10.2 Å². The molecular weight excluding hydrogens is 438 g/mol. The minimum atomic E-state index is -4.50. The zero-order valence-electron chi connectivity index (χ0n) is 14.4. The lowest BCUT2D eigenvalue weighted by molar-refractivity contribution is -0.137. The van der Waals surface area contributed by atoms with Gasteiger partial charge in [-0.2, -0.15) is 13.2 Å². The number of aromatic nitrogens is 1. The quantitative estimate of drug-likeness (QED) is 0.629. The molecule has 0 spiro atoms. The smallest absolute Gasteiger partial charge is 0.355 e. The van der Waals surface area contributed by atoms with E-state index in [2.05, 4.69) is 10.3 Å². The summed E-state index contributed by atoms with van der Waals surface area (Å²) in [4.78, 5) is 18.1. The highest BCUT2D eigenvalue weighted by molar-refractivity contribution is 6.44. The van der Waals surface area contributed by atoms with Crippen molar-refractivity contribution in [2.45, 2.75) is 19.0 Å². The van der Waals surface area contributed by atoms with Crippen molar-refractivity contribution in [1.82, 2.24) is 4.98 Å². The van der Waals surface area contributed by atoms with Gasteiger partial charge < -0.3 is 10.2 Å². The summed E-state index contributed by atoms with van der Waals surface area (Å²) in [6.45, 7) is 0.888. The number of pyridine rings is 1. The van der Waals surface area contributed by atoms with Crippen LogP contribution in [0.5, 0.6) is 0 Å². The second-order valence-electron chi connectivity index (χ2n) is 6.38. The standard InChI is InChI=1S/C18H15Cl3F3N3O/c19-12-2-1-3-14(15(12)21)26-17(28)10-4-6-27(7-5-10)16-13(20)8-11(9-25-16)18(22,23)24/h1-3,8-10H,4-7H2,(H,26,28). The molecule has 0 unspecified atom stereocenters. The number of hydrogen-bond acceptors (Lipinski definition) is 3. The largest absolute Gasteiger partial charge is 0.417 e. The highest BCUT2D eigenvalue weighted by Crippen LogP contribution is 2.35. The van der Waals surface area contributed by atoms with Crippen molar-refractivity contribution in [3.05, 3.63) is 51.1 Å². The fraction of sp³-hybridized carbons (Fsp3) is 0.333. The number of benzene rings is 1. The summed E-state index contributed by atoms with van der Waals surface area (Å²) in [5, 5.41) is 3.32. The molecule has 28 heavy (non-hydrogen) atoms. The average Bonchev–Trinajstić information content (AvgIpc) is 2.65. The molecule has 1 N–H and O–H groups in total. The van der Waals surface area contributed by atoms with Gasteiger partial charge in [0.2, 0.25) is 5.91 Å². The van der Waals surface area contributed by atoms with Crippen LogP contribution in [0.2, 0.25) is 15.1 Å². The van der Waals surface area contributed by atoms with E-state index >= 15 is 0 Å².